The molecule has 0 fully saturated rings. The number of aliphatic imine (C=N–C) groups is 1. The number of rotatable bonds is 7. The van der Waals surface area contributed by atoms with Gasteiger partial charge >= 0.3 is 0 Å². The first kappa shape index (κ1) is 23.0. The minimum atomic E-state index is -0.417. The quantitative estimate of drug-likeness (QED) is 0.322. The second-order valence-corrected chi connectivity index (χ2v) is 6.45. The molecule has 4 N–H and O–H groups in total. The Bertz CT molecular complexity index is 742. The van der Waals surface area contributed by atoms with Crippen molar-refractivity contribution in [1.82, 2.24) is 10.6 Å². The first-order valence-electron chi connectivity index (χ1n) is 8.97. The van der Waals surface area contributed by atoms with Crippen LogP contribution in [0.4, 0.5) is 0 Å². The minimum absolute atomic E-state index is 0. The lowest BCUT2D eigenvalue weighted by molar-refractivity contribution is 0.100. The molecule has 0 saturated heterocycles. The molecule has 0 heterocycles. The van der Waals surface area contributed by atoms with E-state index in [1.807, 2.05) is 19.1 Å². The molecule has 0 aliphatic carbocycles. The van der Waals surface area contributed by atoms with Crippen molar-refractivity contribution in [2.24, 2.45) is 10.7 Å². The van der Waals surface area contributed by atoms with Gasteiger partial charge in [-0.3, -0.25) is 4.79 Å². The molecule has 27 heavy (non-hydrogen) atoms. The fourth-order valence-corrected chi connectivity index (χ4v) is 2.55. The molecular formula is C21H29IN4O. The lowest BCUT2D eigenvalue weighted by Crippen LogP contribution is -2.39. The number of benzene rings is 2. The number of carbonyl (C=O) groups excluding carboxylic acids is 1. The number of hydrogen-bond donors (Lipinski definition) is 3. The van der Waals surface area contributed by atoms with Crippen LogP contribution in [-0.2, 0) is 6.54 Å². The lowest BCUT2D eigenvalue weighted by Gasteiger charge is -2.16. The smallest absolute Gasteiger partial charge is 0.248 e. The van der Waals surface area contributed by atoms with E-state index in [0.29, 0.717) is 18.0 Å². The Morgan fingerprint density at radius 2 is 1.70 bits per heavy atom. The molecule has 1 atom stereocenters. The average molecular weight is 480 g/mol. The molecule has 1 amide bonds. The van der Waals surface area contributed by atoms with Gasteiger partial charge in [-0.15, -0.1) is 24.0 Å². The molecule has 0 radical (unpaired) electrons. The van der Waals surface area contributed by atoms with Crippen molar-refractivity contribution >= 4 is 35.8 Å². The average Bonchev–Trinajstić information content (AvgIpc) is 2.64. The van der Waals surface area contributed by atoms with Crippen molar-refractivity contribution in [1.29, 1.82) is 0 Å². The van der Waals surface area contributed by atoms with Crippen LogP contribution in [0.2, 0.25) is 0 Å². The summed E-state index contributed by atoms with van der Waals surface area (Å²) in [6.07, 6.45) is 0. The highest BCUT2D eigenvalue weighted by molar-refractivity contribution is 14.0. The number of nitrogens with one attached hydrogen (secondary N) is 2. The summed E-state index contributed by atoms with van der Waals surface area (Å²) in [6, 6.07) is 15.8. The van der Waals surface area contributed by atoms with E-state index in [4.69, 9.17) is 5.73 Å². The van der Waals surface area contributed by atoms with Gasteiger partial charge in [0.2, 0.25) is 5.91 Å². The Kier molecular flexibility index (Phi) is 9.85. The second-order valence-electron chi connectivity index (χ2n) is 6.45. The maximum Gasteiger partial charge on any atom is 0.248 e. The monoisotopic (exact) mass is 480 g/mol. The molecule has 0 saturated carbocycles. The number of nitrogens with zero attached hydrogens (tertiary/aromatic N) is 1. The highest BCUT2D eigenvalue weighted by Gasteiger charge is 2.07. The standard InChI is InChI=1S/C21H28N4O.HI/c1-4-23-21(24-13-16(3)18-9-5-15(2)6-10-18)25-14-17-7-11-19(12-8-17)20(22)26;/h5-12,16H,4,13-14H2,1-3H3,(H2,22,26)(H2,23,24,25);1H. The zero-order chi connectivity index (χ0) is 18.9. The molecule has 6 heteroatoms. The molecule has 2 aromatic carbocycles. The van der Waals surface area contributed by atoms with E-state index >= 15 is 0 Å². The number of amides is 1. The summed E-state index contributed by atoms with van der Waals surface area (Å²) in [5, 5.41) is 6.66. The topological polar surface area (TPSA) is 79.5 Å². The Labute approximate surface area is 178 Å². The molecule has 146 valence electrons. The van der Waals surface area contributed by atoms with E-state index in [-0.39, 0.29) is 24.0 Å². The second kappa shape index (κ2) is 11.6. The van der Waals surface area contributed by atoms with Crippen LogP contribution in [0.25, 0.3) is 0 Å². The highest BCUT2D eigenvalue weighted by Crippen LogP contribution is 2.14. The number of halogens is 1. The fourth-order valence-electron chi connectivity index (χ4n) is 2.55. The van der Waals surface area contributed by atoms with Crippen molar-refractivity contribution in [2.45, 2.75) is 33.2 Å². The van der Waals surface area contributed by atoms with Gasteiger partial charge in [0.15, 0.2) is 5.96 Å². The first-order chi connectivity index (χ1) is 12.5. The minimum Gasteiger partial charge on any atom is -0.366 e. The zero-order valence-corrected chi connectivity index (χ0v) is 18.5. The van der Waals surface area contributed by atoms with Crippen LogP contribution in [0.1, 0.15) is 46.8 Å². The van der Waals surface area contributed by atoms with Crippen molar-refractivity contribution in [3.8, 4) is 0 Å². The van der Waals surface area contributed by atoms with Gasteiger partial charge in [-0.1, -0.05) is 48.9 Å². The number of guanidine groups is 1. The molecule has 2 aromatic rings. The van der Waals surface area contributed by atoms with Crippen LogP contribution in [0.5, 0.6) is 0 Å². The maximum absolute atomic E-state index is 11.1. The van der Waals surface area contributed by atoms with E-state index in [9.17, 15) is 4.79 Å². The van der Waals surface area contributed by atoms with Gasteiger partial charge in [0, 0.05) is 18.7 Å². The molecule has 5 nitrogen and oxygen atoms in total. The van der Waals surface area contributed by atoms with Crippen LogP contribution in [0.3, 0.4) is 0 Å². The van der Waals surface area contributed by atoms with Crippen molar-refractivity contribution < 1.29 is 4.79 Å². The molecule has 1 unspecified atom stereocenters. The van der Waals surface area contributed by atoms with Gasteiger partial charge in [-0.2, -0.15) is 0 Å². The Balaban J connectivity index is 0.00000364. The summed E-state index contributed by atoms with van der Waals surface area (Å²) in [7, 11) is 0. The van der Waals surface area contributed by atoms with Gasteiger partial charge < -0.3 is 16.4 Å². The first-order valence-corrected chi connectivity index (χ1v) is 8.97. The van der Waals surface area contributed by atoms with Crippen LogP contribution in [0, 0.1) is 6.92 Å². The van der Waals surface area contributed by atoms with E-state index < -0.39 is 5.91 Å². The number of nitrogens with two attached hydrogens (primary N) is 1. The zero-order valence-electron chi connectivity index (χ0n) is 16.2. The van der Waals surface area contributed by atoms with Gasteiger partial charge in [-0.05, 0) is 43.0 Å². The van der Waals surface area contributed by atoms with Crippen molar-refractivity contribution in [3.63, 3.8) is 0 Å². The van der Waals surface area contributed by atoms with Crippen LogP contribution in [0.15, 0.2) is 53.5 Å². The summed E-state index contributed by atoms with van der Waals surface area (Å²) in [6.45, 7) is 8.47. The lowest BCUT2D eigenvalue weighted by atomic mass is 10.0. The number of aryl methyl sites for hydroxylation is 1. The summed E-state index contributed by atoms with van der Waals surface area (Å²) in [5.41, 5.74) is 9.37. The van der Waals surface area contributed by atoms with E-state index in [0.717, 1.165) is 24.6 Å². The molecule has 0 aromatic heterocycles. The van der Waals surface area contributed by atoms with Crippen LogP contribution in [-0.4, -0.2) is 25.0 Å². The van der Waals surface area contributed by atoms with E-state index in [1.54, 1.807) is 12.1 Å². The van der Waals surface area contributed by atoms with E-state index in [2.05, 4.69) is 53.7 Å². The van der Waals surface area contributed by atoms with Crippen molar-refractivity contribution in [3.05, 3.63) is 70.8 Å². The number of carbonyl (C=O) groups is 1. The van der Waals surface area contributed by atoms with Gasteiger partial charge in [-0.25, -0.2) is 4.99 Å². The van der Waals surface area contributed by atoms with Gasteiger partial charge in [0.25, 0.3) is 0 Å². The largest absolute Gasteiger partial charge is 0.366 e. The molecular weight excluding hydrogens is 451 g/mol. The van der Waals surface area contributed by atoms with Crippen LogP contribution >= 0.6 is 24.0 Å². The SMILES string of the molecule is CCNC(=NCc1ccc(C(N)=O)cc1)NCC(C)c1ccc(C)cc1.I. The third-order valence-corrected chi connectivity index (χ3v) is 4.22. The third kappa shape index (κ3) is 7.58. The predicted molar refractivity (Wildman–Crippen MR) is 123 cm³/mol. The Hall–Kier alpha value is -2.09. The third-order valence-electron chi connectivity index (χ3n) is 4.22. The normalized spacial score (nSPS) is 12.0. The highest BCUT2D eigenvalue weighted by atomic mass is 127. The Morgan fingerprint density at radius 1 is 1.07 bits per heavy atom. The molecule has 0 aliphatic rings. The van der Waals surface area contributed by atoms with Crippen molar-refractivity contribution in [2.75, 3.05) is 13.1 Å². The van der Waals surface area contributed by atoms with Gasteiger partial charge in [0.05, 0.1) is 6.54 Å². The molecule has 0 aliphatic heterocycles. The summed E-state index contributed by atoms with van der Waals surface area (Å²) in [5.74, 6) is 0.750. The van der Waals surface area contributed by atoms with Crippen LogP contribution < -0.4 is 16.4 Å². The molecule has 2 rings (SSSR count). The van der Waals surface area contributed by atoms with E-state index in [1.165, 1.54) is 11.1 Å². The molecule has 0 bridgehead atoms. The Morgan fingerprint density at radius 3 is 2.26 bits per heavy atom. The summed E-state index contributed by atoms with van der Waals surface area (Å²) >= 11 is 0. The summed E-state index contributed by atoms with van der Waals surface area (Å²) in [4.78, 5) is 15.7. The maximum atomic E-state index is 11.1. The summed E-state index contributed by atoms with van der Waals surface area (Å²) < 4.78 is 0. The fraction of sp³-hybridized carbons (Fsp3) is 0.333. The molecule has 0 spiro atoms. The predicted octanol–water partition coefficient (Wildman–Crippen LogP) is 3.57. The van der Waals surface area contributed by atoms with Gasteiger partial charge in [0.1, 0.15) is 0 Å². The number of hydrogen-bond acceptors (Lipinski definition) is 2. The number of primary amides is 1.